The zero-order valence-corrected chi connectivity index (χ0v) is 15.0. The van der Waals surface area contributed by atoms with Gasteiger partial charge in [0.2, 0.25) is 0 Å². The molecule has 0 aliphatic carbocycles. The third-order valence-corrected chi connectivity index (χ3v) is 4.99. The summed E-state index contributed by atoms with van der Waals surface area (Å²) in [6.45, 7) is 1.37. The molecule has 3 rings (SSSR count). The van der Waals surface area contributed by atoms with Crippen LogP contribution in [0.25, 0.3) is 10.4 Å². The SMILES string of the molecule is Cc1ccc(-c2scc(NC(=O)c3cc(F)ccc3O)c2C(=O)O)c(F)c1F. The molecule has 0 aliphatic rings. The van der Waals surface area contributed by atoms with E-state index in [9.17, 15) is 33.0 Å². The van der Waals surface area contributed by atoms with Gasteiger partial charge in [-0.3, -0.25) is 4.79 Å². The average Bonchev–Trinajstić information content (AvgIpc) is 3.05. The lowest BCUT2D eigenvalue weighted by molar-refractivity contribution is 0.0699. The van der Waals surface area contributed by atoms with Crippen molar-refractivity contribution in [3.8, 4) is 16.2 Å². The Labute approximate surface area is 160 Å². The summed E-state index contributed by atoms with van der Waals surface area (Å²) in [6, 6.07) is 5.27. The first-order chi connectivity index (χ1) is 13.2. The van der Waals surface area contributed by atoms with Gasteiger partial charge in [-0.05, 0) is 30.7 Å². The second-order valence-corrected chi connectivity index (χ2v) is 6.71. The van der Waals surface area contributed by atoms with Crippen molar-refractivity contribution in [1.29, 1.82) is 0 Å². The van der Waals surface area contributed by atoms with Crippen LogP contribution in [0.5, 0.6) is 5.75 Å². The van der Waals surface area contributed by atoms with E-state index in [1.54, 1.807) is 0 Å². The number of hydrogen-bond acceptors (Lipinski definition) is 4. The van der Waals surface area contributed by atoms with Crippen LogP contribution in [-0.2, 0) is 0 Å². The standard InChI is InChI=1S/C19H12F3NO4S/c1-8-2-4-10(16(22)15(8)21)17-14(19(26)27)12(7-28-17)23-18(25)11-6-9(20)3-5-13(11)24/h2-7,24H,1H3,(H,23,25)(H,26,27). The molecule has 0 atom stereocenters. The lowest BCUT2D eigenvalue weighted by atomic mass is 10.1. The second-order valence-electron chi connectivity index (χ2n) is 5.83. The van der Waals surface area contributed by atoms with Gasteiger partial charge in [0, 0.05) is 10.9 Å². The number of rotatable bonds is 4. The highest BCUT2D eigenvalue weighted by Crippen LogP contribution is 2.38. The highest BCUT2D eigenvalue weighted by Gasteiger charge is 2.25. The van der Waals surface area contributed by atoms with Crippen LogP contribution in [0.3, 0.4) is 0 Å². The van der Waals surface area contributed by atoms with Crippen molar-refractivity contribution in [3.63, 3.8) is 0 Å². The Kier molecular flexibility index (Phi) is 5.10. The molecular formula is C19H12F3NO4S. The van der Waals surface area contributed by atoms with Crippen LogP contribution in [0, 0.1) is 24.4 Å². The van der Waals surface area contributed by atoms with Gasteiger partial charge >= 0.3 is 5.97 Å². The van der Waals surface area contributed by atoms with Crippen molar-refractivity contribution in [2.24, 2.45) is 0 Å². The number of aromatic hydroxyl groups is 1. The van der Waals surface area contributed by atoms with Gasteiger partial charge in [0.1, 0.15) is 17.1 Å². The number of halogens is 3. The topological polar surface area (TPSA) is 86.6 Å². The number of carboxylic acid groups (broad SMARTS) is 1. The van der Waals surface area contributed by atoms with Crippen LogP contribution < -0.4 is 5.32 Å². The number of anilines is 1. The van der Waals surface area contributed by atoms with Gasteiger partial charge in [0.25, 0.3) is 5.91 Å². The molecule has 0 aliphatic heterocycles. The van der Waals surface area contributed by atoms with Gasteiger partial charge in [0.15, 0.2) is 11.6 Å². The molecule has 0 unspecified atom stereocenters. The molecular weight excluding hydrogens is 395 g/mol. The zero-order valence-electron chi connectivity index (χ0n) is 14.2. The number of carbonyl (C=O) groups excluding carboxylic acids is 1. The molecule has 1 heterocycles. The number of carboxylic acids is 1. The maximum absolute atomic E-state index is 14.3. The molecule has 9 heteroatoms. The van der Waals surface area contributed by atoms with Gasteiger partial charge in [-0.25, -0.2) is 18.0 Å². The molecule has 0 bridgehead atoms. The van der Waals surface area contributed by atoms with E-state index in [1.807, 2.05) is 0 Å². The van der Waals surface area contributed by atoms with Crippen molar-refractivity contribution < 1.29 is 33.0 Å². The minimum atomic E-state index is -1.48. The van der Waals surface area contributed by atoms with E-state index in [0.717, 1.165) is 29.5 Å². The number of benzene rings is 2. The van der Waals surface area contributed by atoms with Crippen LogP contribution in [0.1, 0.15) is 26.3 Å². The fourth-order valence-electron chi connectivity index (χ4n) is 2.56. The van der Waals surface area contributed by atoms with Crippen molar-refractivity contribution in [2.75, 3.05) is 5.32 Å². The highest BCUT2D eigenvalue weighted by atomic mass is 32.1. The third-order valence-electron chi connectivity index (χ3n) is 3.98. The van der Waals surface area contributed by atoms with Gasteiger partial charge in [0.05, 0.1) is 16.1 Å². The summed E-state index contributed by atoms with van der Waals surface area (Å²) < 4.78 is 41.5. The van der Waals surface area contributed by atoms with Crippen LogP contribution in [-0.4, -0.2) is 22.1 Å². The molecule has 3 aromatic rings. The third kappa shape index (κ3) is 3.44. The smallest absolute Gasteiger partial charge is 0.339 e. The first kappa shape index (κ1) is 19.4. The number of aromatic carboxylic acids is 1. The highest BCUT2D eigenvalue weighted by molar-refractivity contribution is 7.14. The Morgan fingerprint density at radius 3 is 2.46 bits per heavy atom. The number of phenolic OH excluding ortho intramolecular Hbond substituents is 1. The monoisotopic (exact) mass is 407 g/mol. The summed E-state index contributed by atoms with van der Waals surface area (Å²) in [5, 5.41) is 22.7. The van der Waals surface area contributed by atoms with E-state index >= 15 is 0 Å². The summed E-state index contributed by atoms with van der Waals surface area (Å²) in [5.74, 6) is -6.01. The first-order valence-electron chi connectivity index (χ1n) is 7.80. The molecule has 0 saturated carbocycles. The molecule has 0 spiro atoms. The van der Waals surface area contributed by atoms with Crippen molar-refractivity contribution >= 4 is 28.9 Å². The molecule has 3 N–H and O–H groups in total. The predicted molar refractivity (Wildman–Crippen MR) is 97.4 cm³/mol. The van der Waals surface area contributed by atoms with Crippen molar-refractivity contribution in [3.05, 3.63) is 69.9 Å². The minimum absolute atomic E-state index is 0.0600. The number of aryl methyl sites for hydroxylation is 1. The minimum Gasteiger partial charge on any atom is -0.507 e. The maximum Gasteiger partial charge on any atom is 0.339 e. The fraction of sp³-hybridized carbons (Fsp3) is 0.0526. The summed E-state index contributed by atoms with van der Waals surface area (Å²) in [7, 11) is 0. The van der Waals surface area contributed by atoms with E-state index in [1.165, 1.54) is 24.4 Å². The number of nitrogens with one attached hydrogen (secondary N) is 1. The van der Waals surface area contributed by atoms with Crippen LogP contribution in [0.4, 0.5) is 18.9 Å². The fourth-order valence-corrected chi connectivity index (χ4v) is 3.57. The van der Waals surface area contributed by atoms with E-state index in [0.29, 0.717) is 0 Å². The maximum atomic E-state index is 14.3. The van der Waals surface area contributed by atoms with Gasteiger partial charge in [-0.15, -0.1) is 11.3 Å². The number of thiophene rings is 1. The van der Waals surface area contributed by atoms with Crippen LogP contribution in [0.15, 0.2) is 35.7 Å². The van der Waals surface area contributed by atoms with Gasteiger partial charge < -0.3 is 15.5 Å². The Morgan fingerprint density at radius 2 is 1.79 bits per heavy atom. The van der Waals surface area contributed by atoms with Crippen LogP contribution in [0.2, 0.25) is 0 Å². The summed E-state index contributed by atoms with van der Waals surface area (Å²) >= 11 is 0.792. The largest absolute Gasteiger partial charge is 0.507 e. The molecule has 0 saturated heterocycles. The van der Waals surface area contributed by atoms with E-state index < -0.39 is 46.2 Å². The Bertz CT molecular complexity index is 1110. The second kappa shape index (κ2) is 7.35. The lowest BCUT2D eigenvalue weighted by Crippen LogP contribution is -2.14. The van der Waals surface area contributed by atoms with E-state index in [-0.39, 0.29) is 21.7 Å². The quantitative estimate of drug-likeness (QED) is 0.580. The number of carbonyl (C=O) groups is 2. The van der Waals surface area contributed by atoms with Crippen molar-refractivity contribution in [2.45, 2.75) is 6.92 Å². The van der Waals surface area contributed by atoms with Gasteiger partial charge in [-0.1, -0.05) is 12.1 Å². The Morgan fingerprint density at radius 1 is 1.07 bits per heavy atom. The molecule has 28 heavy (non-hydrogen) atoms. The first-order valence-corrected chi connectivity index (χ1v) is 8.68. The Hall–Kier alpha value is -3.33. The zero-order chi connectivity index (χ0) is 20.6. The average molecular weight is 407 g/mol. The Balaban J connectivity index is 2.05. The molecule has 1 aromatic heterocycles. The van der Waals surface area contributed by atoms with E-state index in [4.69, 9.17) is 0 Å². The molecule has 2 aromatic carbocycles. The molecule has 0 radical (unpaired) electrons. The summed E-state index contributed by atoms with van der Waals surface area (Å²) in [4.78, 5) is 23.9. The van der Waals surface area contributed by atoms with Gasteiger partial charge in [-0.2, -0.15) is 0 Å². The summed E-state index contributed by atoms with van der Waals surface area (Å²) in [6.07, 6.45) is 0. The summed E-state index contributed by atoms with van der Waals surface area (Å²) in [5.41, 5.74) is -1.25. The number of hydrogen-bond donors (Lipinski definition) is 3. The molecule has 144 valence electrons. The number of phenols is 1. The predicted octanol–water partition coefficient (Wildman–Crippen LogP) is 4.80. The molecule has 1 amide bonds. The van der Waals surface area contributed by atoms with E-state index in [2.05, 4.69) is 5.32 Å². The molecule has 5 nitrogen and oxygen atoms in total. The van der Waals surface area contributed by atoms with Crippen molar-refractivity contribution in [1.82, 2.24) is 0 Å². The number of amides is 1. The normalized spacial score (nSPS) is 10.7. The lowest BCUT2D eigenvalue weighted by Gasteiger charge is -2.09. The van der Waals surface area contributed by atoms with Crippen LogP contribution >= 0.6 is 11.3 Å². The molecule has 0 fully saturated rings.